The number of methoxy groups -OCH3 is 1. The molecule has 2 aromatic rings. The fraction of sp³-hybridized carbons (Fsp3) is 0.318. The van der Waals surface area contributed by atoms with Crippen molar-refractivity contribution >= 4 is 11.7 Å². The minimum absolute atomic E-state index is 0.0257. The summed E-state index contributed by atoms with van der Waals surface area (Å²) in [7, 11) is 1.57. The molecule has 2 bridgehead atoms. The number of ether oxygens (including phenoxy) is 3. The van der Waals surface area contributed by atoms with Gasteiger partial charge in [-0.3, -0.25) is 10.1 Å². The summed E-state index contributed by atoms with van der Waals surface area (Å²) in [4.78, 5) is 34.6. The van der Waals surface area contributed by atoms with Gasteiger partial charge in [0.15, 0.2) is 5.60 Å². The van der Waals surface area contributed by atoms with Crippen molar-refractivity contribution in [2.24, 2.45) is 0 Å². The van der Waals surface area contributed by atoms with Crippen molar-refractivity contribution in [3.05, 3.63) is 81.4 Å². The molecule has 2 fully saturated rings. The molecule has 6 rings (SSSR count). The second-order valence-corrected chi connectivity index (χ2v) is 7.88. The minimum Gasteiger partial charge on any atom is -0.497 e. The molecule has 4 atom stereocenters. The van der Waals surface area contributed by atoms with Crippen LogP contribution in [0.1, 0.15) is 36.7 Å². The number of esters is 1. The van der Waals surface area contributed by atoms with Crippen LogP contribution in [0.5, 0.6) is 5.75 Å². The number of non-ortho nitro benzene ring substituents is 1. The van der Waals surface area contributed by atoms with E-state index in [0.717, 1.165) is 5.56 Å². The highest BCUT2D eigenvalue weighted by Gasteiger charge is 2.63. The molecule has 0 aliphatic carbocycles. The van der Waals surface area contributed by atoms with Crippen LogP contribution in [0.3, 0.4) is 0 Å². The lowest BCUT2D eigenvalue weighted by atomic mass is 9.81. The Morgan fingerprint density at radius 3 is 2.39 bits per heavy atom. The number of benzene rings is 2. The van der Waals surface area contributed by atoms with Crippen molar-refractivity contribution in [1.29, 1.82) is 0 Å². The number of nitro groups is 1. The summed E-state index contributed by atoms with van der Waals surface area (Å²) < 4.78 is 17.2. The molecule has 4 aliphatic heterocycles. The molecule has 0 amide bonds. The van der Waals surface area contributed by atoms with Crippen molar-refractivity contribution in [1.82, 2.24) is 0 Å². The minimum atomic E-state index is -1.44. The summed E-state index contributed by atoms with van der Waals surface area (Å²) >= 11 is 0. The quantitative estimate of drug-likeness (QED) is 0.316. The molecule has 9 nitrogen and oxygen atoms in total. The van der Waals surface area contributed by atoms with Crippen LogP contribution < -0.4 is 4.74 Å². The molecule has 2 saturated heterocycles. The first-order chi connectivity index (χ1) is 14.8. The molecular weight excluding hydrogens is 406 g/mol. The van der Waals surface area contributed by atoms with Gasteiger partial charge in [0.1, 0.15) is 18.0 Å². The van der Waals surface area contributed by atoms with Gasteiger partial charge < -0.3 is 14.2 Å². The zero-order valence-electron chi connectivity index (χ0n) is 16.8. The van der Waals surface area contributed by atoms with Crippen molar-refractivity contribution in [2.75, 3.05) is 7.11 Å². The van der Waals surface area contributed by atoms with Gasteiger partial charge in [0.05, 0.1) is 24.0 Å². The third-order valence-electron chi connectivity index (χ3n) is 5.84. The number of nitrogens with zero attached hydrogens (tertiary/aromatic N) is 1. The van der Waals surface area contributed by atoms with Gasteiger partial charge in [0, 0.05) is 12.1 Å². The molecule has 4 heterocycles. The van der Waals surface area contributed by atoms with Crippen molar-refractivity contribution < 1.29 is 33.7 Å². The zero-order valence-corrected chi connectivity index (χ0v) is 16.8. The van der Waals surface area contributed by atoms with E-state index in [0.29, 0.717) is 11.3 Å². The zero-order chi connectivity index (χ0) is 21.8. The molecule has 0 N–H and O–H groups in total. The first kappa shape index (κ1) is 19.7. The number of hydrogen-bond acceptors (Lipinski definition) is 8. The van der Waals surface area contributed by atoms with E-state index in [-0.39, 0.29) is 17.7 Å². The van der Waals surface area contributed by atoms with E-state index < -0.39 is 34.5 Å². The normalized spacial score (nSPS) is 31.4. The van der Waals surface area contributed by atoms with Crippen LogP contribution in [0.15, 0.2) is 60.2 Å². The summed E-state index contributed by atoms with van der Waals surface area (Å²) in [5, 5.41) is 11.0. The number of fused-ring (bicyclic) bond motifs is 2. The van der Waals surface area contributed by atoms with Gasteiger partial charge in [0.2, 0.25) is 5.79 Å². The van der Waals surface area contributed by atoms with Crippen LogP contribution in [0.4, 0.5) is 5.69 Å². The van der Waals surface area contributed by atoms with Crippen molar-refractivity contribution in [3.8, 4) is 5.75 Å². The Balaban J connectivity index is 1.49. The summed E-state index contributed by atoms with van der Waals surface area (Å²) in [6, 6.07) is 13.2. The smallest absolute Gasteiger partial charge is 0.340 e. The largest absolute Gasteiger partial charge is 0.497 e. The van der Waals surface area contributed by atoms with Crippen LogP contribution >= 0.6 is 0 Å². The van der Waals surface area contributed by atoms with E-state index in [4.69, 9.17) is 24.0 Å². The Morgan fingerprint density at radius 2 is 1.74 bits per heavy atom. The highest BCUT2D eigenvalue weighted by Crippen LogP contribution is 2.55. The number of nitro benzene ring substituents is 1. The SMILES string of the molecule is COc1ccc(C2C[C@]34OO[C@](C)(C=C3C(=O)O2)C(c2ccc([N+](=O)[O-])cc2)O4)cc1. The van der Waals surface area contributed by atoms with E-state index in [1.54, 1.807) is 44.4 Å². The van der Waals surface area contributed by atoms with E-state index in [1.807, 2.05) is 12.1 Å². The number of carbonyl (C=O) groups excluding carboxylic acids is 1. The first-order valence-electron chi connectivity index (χ1n) is 9.71. The Labute approximate surface area is 177 Å². The third kappa shape index (κ3) is 3.09. The van der Waals surface area contributed by atoms with E-state index in [9.17, 15) is 14.9 Å². The monoisotopic (exact) mass is 425 g/mol. The lowest BCUT2D eigenvalue weighted by Crippen LogP contribution is -2.61. The van der Waals surface area contributed by atoms with E-state index in [2.05, 4.69) is 0 Å². The molecular formula is C22H19NO8. The maximum atomic E-state index is 12.8. The van der Waals surface area contributed by atoms with Crippen LogP contribution in [0, 0.1) is 10.1 Å². The third-order valence-corrected chi connectivity index (χ3v) is 5.84. The summed E-state index contributed by atoms with van der Waals surface area (Å²) in [5.41, 5.74) is 0.567. The predicted octanol–water partition coefficient (Wildman–Crippen LogP) is 3.71. The van der Waals surface area contributed by atoms with Crippen molar-refractivity contribution in [3.63, 3.8) is 0 Å². The number of cyclic esters (lactones) is 1. The van der Waals surface area contributed by atoms with Gasteiger partial charge in [-0.05, 0) is 48.4 Å². The lowest BCUT2D eigenvalue weighted by molar-refractivity contribution is -0.523. The molecule has 0 saturated carbocycles. The fourth-order valence-corrected chi connectivity index (χ4v) is 4.19. The summed E-state index contributed by atoms with van der Waals surface area (Å²) in [6.45, 7) is 1.72. The topological polar surface area (TPSA) is 106 Å². The Bertz CT molecular complexity index is 1080. The summed E-state index contributed by atoms with van der Waals surface area (Å²) in [5.74, 6) is -1.29. The second kappa shape index (κ2) is 6.88. The van der Waals surface area contributed by atoms with Crippen LogP contribution in [0.25, 0.3) is 0 Å². The highest BCUT2D eigenvalue weighted by molar-refractivity contribution is 5.92. The average molecular weight is 425 g/mol. The van der Waals surface area contributed by atoms with Gasteiger partial charge in [-0.15, -0.1) is 0 Å². The standard InChI is InChI=1S/C22H19NO8/c1-21-11-17-20(24)28-18(13-5-9-16(27-2)10-6-13)12-22(17,31-30-21)29-19(21)14-3-7-15(8-4-14)23(25)26/h3-11,18-19H,12H2,1-2H3/t18?,19?,21-,22+/m1/s1. The number of hydrogen-bond donors (Lipinski definition) is 0. The molecule has 160 valence electrons. The average Bonchev–Trinajstić information content (AvgIpc) is 2.78. The molecule has 2 aromatic carbocycles. The lowest BCUT2D eigenvalue weighted by Gasteiger charge is -2.54. The maximum Gasteiger partial charge on any atom is 0.340 e. The van der Waals surface area contributed by atoms with Gasteiger partial charge in [-0.2, -0.15) is 4.89 Å². The molecule has 0 aromatic heterocycles. The number of carbonyl (C=O) groups is 1. The Hall–Kier alpha value is -3.27. The van der Waals surface area contributed by atoms with Gasteiger partial charge >= 0.3 is 5.97 Å². The highest BCUT2D eigenvalue weighted by atomic mass is 17.3. The molecule has 31 heavy (non-hydrogen) atoms. The van der Waals surface area contributed by atoms with Gasteiger partial charge in [-0.1, -0.05) is 12.1 Å². The molecule has 0 radical (unpaired) electrons. The van der Waals surface area contributed by atoms with Gasteiger partial charge in [0.25, 0.3) is 5.69 Å². The molecule has 2 unspecified atom stereocenters. The van der Waals surface area contributed by atoms with E-state index >= 15 is 0 Å². The predicted molar refractivity (Wildman–Crippen MR) is 105 cm³/mol. The maximum absolute atomic E-state index is 12.8. The number of rotatable bonds is 4. The van der Waals surface area contributed by atoms with Crippen LogP contribution in [-0.2, 0) is 24.0 Å². The van der Waals surface area contributed by atoms with Gasteiger partial charge in [-0.25, -0.2) is 9.68 Å². The van der Waals surface area contributed by atoms with Crippen LogP contribution in [-0.4, -0.2) is 29.4 Å². The van der Waals surface area contributed by atoms with E-state index in [1.165, 1.54) is 12.1 Å². The van der Waals surface area contributed by atoms with Crippen molar-refractivity contribution in [2.45, 2.75) is 36.9 Å². The van der Waals surface area contributed by atoms with Crippen LogP contribution in [0.2, 0.25) is 0 Å². The second-order valence-electron chi connectivity index (χ2n) is 7.88. The molecule has 1 spiro atoms. The first-order valence-corrected chi connectivity index (χ1v) is 9.71. The summed E-state index contributed by atoms with van der Waals surface area (Å²) in [6.07, 6.45) is 0.613. The fourth-order valence-electron chi connectivity index (χ4n) is 4.19. The molecule has 9 heteroatoms. The Kier molecular flexibility index (Phi) is 4.37. The molecule has 4 aliphatic rings. The Morgan fingerprint density at radius 1 is 1.06 bits per heavy atom.